The zero-order chi connectivity index (χ0) is 18.4. The Labute approximate surface area is 154 Å². The quantitative estimate of drug-likeness (QED) is 0.853. The lowest BCUT2D eigenvalue weighted by molar-refractivity contribution is -0.909. The Morgan fingerprint density at radius 1 is 1.23 bits per heavy atom. The molecule has 3 rings (SSSR count). The van der Waals surface area contributed by atoms with Gasteiger partial charge in [-0.25, -0.2) is 0 Å². The van der Waals surface area contributed by atoms with E-state index in [1.807, 2.05) is 0 Å². The van der Waals surface area contributed by atoms with Crippen LogP contribution < -0.4 is 10.2 Å². The minimum absolute atomic E-state index is 0.0815. The Bertz CT molecular complexity index is 790. The number of carbonyl (C=O) groups excluding carboxylic acids is 1. The van der Waals surface area contributed by atoms with Crippen molar-refractivity contribution >= 4 is 5.91 Å². The molecule has 1 atom stereocenters. The topological polar surface area (TPSA) is 66.6 Å². The highest BCUT2D eigenvalue weighted by atomic mass is 16.5. The smallest absolute Gasteiger partial charge is 0.252 e. The number of benzene rings is 2. The molecule has 0 radical (unpaired) electrons. The average Bonchev–Trinajstić information content (AvgIpc) is 2.69. The first-order valence-corrected chi connectivity index (χ1v) is 8.94. The monoisotopic (exact) mass is 350 g/mol. The van der Waals surface area contributed by atoms with Crippen molar-refractivity contribution in [3.63, 3.8) is 0 Å². The number of rotatable bonds is 5. The maximum atomic E-state index is 12.8. The summed E-state index contributed by atoms with van der Waals surface area (Å²) in [4.78, 5) is 14.2. The molecule has 1 saturated heterocycles. The summed E-state index contributed by atoms with van der Waals surface area (Å²) in [6.45, 7) is 6.28. The first-order chi connectivity index (χ1) is 12.7. The summed E-state index contributed by atoms with van der Waals surface area (Å²) in [5.41, 5.74) is 3.29. The molecule has 134 valence electrons. The van der Waals surface area contributed by atoms with Gasteiger partial charge in [0.1, 0.15) is 25.7 Å². The van der Waals surface area contributed by atoms with E-state index in [2.05, 4.69) is 42.6 Å². The first-order valence-electron chi connectivity index (χ1n) is 8.94. The van der Waals surface area contributed by atoms with Gasteiger partial charge in [0.2, 0.25) is 0 Å². The van der Waals surface area contributed by atoms with E-state index in [1.165, 1.54) is 10.5 Å². The van der Waals surface area contributed by atoms with Crippen molar-refractivity contribution < 1.29 is 14.4 Å². The van der Waals surface area contributed by atoms with E-state index in [-0.39, 0.29) is 11.9 Å². The number of aryl methyl sites for hydroxylation is 1. The van der Waals surface area contributed by atoms with Gasteiger partial charge in [-0.05, 0) is 30.7 Å². The number of nitriles is 1. The molecule has 0 saturated carbocycles. The predicted octanol–water partition coefficient (Wildman–Crippen LogP) is 1.25. The second-order valence-corrected chi connectivity index (χ2v) is 6.70. The lowest BCUT2D eigenvalue weighted by Crippen LogP contribution is -3.14. The van der Waals surface area contributed by atoms with Crippen LogP contribution in [0, 0.1) is 18.3 Å². The van der Waals surface area contributed by atoms with Gasteiger partial charge in [-0.1, -0.05) is 35.9 Å². The Morgan fingerprint density at radius 3 is 2.65 bits per heavy atom. The van der Waals surface area contributed by atoms with Gasteiger partial charge in [0, 0.05) is 5.56 Å². The van der Waals surface area contributed by atoms with Crippen LogP contribution in [0.5, 0.6) is 0 Å². The van der Waals surface area contributed by atoms with Crippen molar-refractivity contribution in [1.29, 1.82) is 5.26 Å². The van der Waals surface area contributed by atoms with Gasteiger partial charge in [-0.2, -0.15) is 5.26 Å². The van der Waals surface area contributed by atoms with Crippen molar-refractivity contribution in [1.82, 2.24) is 5.32 Å². The molecule has 5 heteroatoms. The summed E-state index contributed by atoms with van der Waals surface area (Å²) in [6, 6.07) is 17.1. The van der Waals surface area contributed by atoms with Gasteiger partial charge in [0.05, 0.1) is 24.8 Å². The number of carbonyl (C=O) groups is 1. The van der Waals surface area contributed by atoms with E-state index in [0.717, 1.165) is 38.4 Å². The summed E-state index contributed by atoms with van der Waals surface area (Å²) in [5, 5.41) is 12.2. The molecule has 2 aromatic rings. The van der Waals surface area contributed by atoms with Gasteiger partial charge in [-0.3, -0.25) is 4.79 Å². The minimum Gasteiger partial charge on any atom is -0.370 e. The number of nitrogens with one attached hydrogen (secondary N) is 2. The van der Waals surface area contributed by atoms with E-state index in [0.29, 0.717) is 11.1 Å². The molecule has 5 nitrogen and oxygen atoms in total. The summed E-state index contributed by atoms with van der Waals surface area (Å²) in [7, 11) is 0. The number of hydrogen-bond acceptors (Lipinski definition) is 3. The molecule has 1 amide bonds. The number of ether oxygens (including phenoxy) is 1. The van der Waals surface area contributed by atoms with Gasteiger partial charge >= 0.3 is 0 Å². The van der Waals surface area contributed by atoms with Crippen molar-refractivity contribution in [2.45, 2.75) is 13.0 Å². The summed E-state index contributed by atoms with van der Waals surface area (Å²) >= 11 is 0. The Hall–Kier alpha value is -2.68. The molecule has 1 aliphatic heterocycles. The van der Waals surface area contributed by atoms with E-state index in [9.17, 15) is 4.79 Å². The molecule has 2 N–H and O–H groups in total. The van der Waals surface area contributed by atoms with Gasteiger partial charge in [0.15, 0.2) is 0 Å². The maximum Gasteiger partial charge on any atom is 0.252 e. The third kappa shape index (κ3) is 4.69. The highest BCUT2D eigenvalue weighted by molar-refractivity contribution is 5.94. The van der Waals surface area contributed by atoms with Crippen LogP contribution in [-0.2, 0) is 4.74 Å². The SMILES string of the molecule is Cc1ccc([C@H](C[NH+]2CCOCC2)NC(=O)c2cccc(C#N)c2)cc1. The fourth-order valence-electron chi connectivity index (χ4n) is 3.18. The largest absolute Gasteiger partial charge is 0.370 e. The minimum atomic E-state index is -0.152. The molecule has 0 spiro atoms. The van der Waals surface area contributed by atoms with Crippen LogP contribution in [0.3, 0.4) is 0 Å². The van der Waals surface area contributed by atoms with Crippen LogP contribution >= 0.6 is 0 Å². The zero-order valence-corrected chi connectivity index (χ0v) is 15.0. The number of nitrogens with zero attached hydrogens (tertiary/aromatic N) is 1. The van der Waals surface area contributed by atoms with E-state index in [1.54, 1.807) is 24.3 Å². The van der Waals surface area contributed by atoms with Crippen LogP contribution in [0.25, 0.3) is 0 Å². The van der Waals surface area contributed by atoms with Crippen molar-refractivity contribution in [2.24, 2.45) is 0 Å². The van der Waals surface area contributed by atoms with E-state index >= 15 is 0 Å². The van der Waals surface area contributed by atoms with Crippen molar-refractivity contribution in [2.75, 3.05) is 32.8 Å². The van der Waals surface area contributed by atoms with Gasteiger partial charge in [-0.15, -0.1) is 0 Å². The molecule has 26 heavy (non-hydrogen) atoms. The molecule has 1 heterocycles. The Kier molecular flexibility index (Phi) is 6.00. The molecule has 1 aliphatic rings. The fourth-order valence-corrected chi connectivity index (χ4v) is 3.18. The maximum absolute atomic E-state index is 12.8. The van der Waals surface area contributed by atoms with E-state index < -0.39 is 0 Å². The standard InChI is InChI=1S/C21H23N3O2/c1-16-5-7-18(8-6-16)20(15-24-9-11-26-12-10-24)23-21(25)19-4-2-3-17(13-19)14-22/h2-8,13,20H,9-12,15H2,1H3,(H,23,25)/p+1/t20-/m0/s1. The molecular formula is C21H24N3O2+. The highest BCUT2D eigenvalue weighted by Crippen LogP contribution is 2.14. The highest BCUT2D eigenvalue weighted by Gasteiger charge is 2.23. The summed E-state index contributed by atoms with van der Waals surface area (Å²) in [6.07, 6.45) is 0. The summed E-state index contributed by atoms with van der Waals surface area (Å²) in [5.74, 6) is -0.152. The molecule has 0 bridgehead atoms. The third-order valence-electron chi connectivity index (χ3n) is 4.73. The molecular weight excluding hydrogens is 326 g/mol. The Morgan fingerprint density at radius 2 is 1.96 bits per heavy atom. The van der Waals surface area contributed by atoms with Gasteiger partial charge in [0.25, 0.3) is 5.91 Å². The molecule has 0 unspecified atom stereocenters. The number of quaternary nitrogens is 1. The molecule has 2 aromatic carbocycles. The number of morpholine rings is 1. The van der Waals surface area contributed by atoms with Crippen molar-refractivity contribution in [3.8, 4) is 6.07 Å². The summed E-state index contributed by atoms with van der Waals surface area (Å²) < 4.78 is 5.44. The second-order valence-electron chi connectivity index (χ2n) is 6.70. The zero-order valence-electron chi connectivity index (χ0n) is 15.0. The third-order valence-corrected chi connectivity index (χ3v) is 4.73. The average molecular weight is 350 g/mol. The molecule has 0 aromatic heterocycles. The van der Waals surface area contributed by atoms with Crippen LogP contribution in [0.2, 0.25) is 0 Å². The van der Waals surface area contributed by atoms with Gasteiger partial charge < -0.3 is 15.0 Å². The number of hydrogen-bond donors (Lipinski definition) is 2. The van der Waals surface area contributed by atoms with Crippen LogP contribution in [-0.4, -0.2) is 38.8 Å². The van der Waals surface area contributed by atoms with Crippen LogP contribution in [0.4, 0.5) is 0 Å². The lowest BCUT2D eigenvalue weighted by atomic mass is 10.0. The first kappa shape index (κ1) is 18.1. The van der Waals surface area contributed by atoms with E-state index in [4.69, 9.17) is 10.00 Å². The normalized spacial score (nSPS) is 15.8. The van der Waals surface area contributed by atoms with Crippen LogP contribution in [0.15, 0.2) is 48.5 Å². The van der Waals surface area contributed by atoms with Crippen molar-refractivity contribution in [3.05, 3.63) is 70.8 Å². The molecule has 0 aliphatic carbocycles. The second kappa shape index (κ2) is 8.61. The predicted molar refractivity (Wildman–Crippen MR) is 98.9 cm³/mol. The van der Waals surface area contributed by atoms with Crippen LogP contribution in [0.1, 0.15) is 33.1 Å². The lowest BCUT2D eigenvalue weighted by Gasteiger charge is -2.28. The fraction of sp³-hybridized carbons (Fsp3) is 0.333. The molecule has 1 fully saturated rings. The Balaban J connectivity index is 1.78. The number of amides is 1.